The van der Waals surface area contributed by atoms with Gasteiger partial charge in [-0.1, -0.05) is 77.9 Å². The number of thiophene rings is 1. The van der Waals surface area contributed by atoms with Crippen LogP contribution in [0.1, 0.15) is 46.4 Å². The van der Waals surface area contributed by atoms with Crippen molar-refractivity contribution in [1.29, 1.82) is 0 Å². The Hall–Kier alpha value is -3.18. The zero-order valence-electron chi connectivity index (χ0n) is 20.4. The fourth-order valence-electron chi connectivity index (χ4n) is 3.93. The van der Waals surface area contributed by atoms with Gasteiger partial charge >= 0.3 is 0 Å². The van der Waals surface area contributed by atoms with Crippen molar-refractivity contribution in [3.63, 3.8) is 0 Å². The van der Waals surface area contributed by atoms with E-state index in [0.29, 0.717) is 5.70 Å². The second kappa shape index (κ2) is 8.88. The number of Topliss-reactive ketones (excluding diaryl/α,β-unsaturated/α-hetero) is 1. The number of nitrogens with zero attached hydrogens (tertiary/aromatic N) is 2. The van der Waals surface area contributed by atoms with Crippen molar-refractivity contribution < 1.29 is 9.18 Å². The average molecular weight is 473 g/mol. The van der Waals surface area contributed by atoms with Gasteiger partial charge in [0.1, 0.15) is 11.4 Å². The molecule has 0 saturated heterocycles. The lowest BCUT2D eigenvalue weighted by molar-refractivity contribution is -0.114. The predicted molar refractivity (Wildman–Crippen MR) is 140 cm³/mol. The van der Waals surface area contributed by atoms with Gasteiger partial charge in [-0.05, 0) is 45.9 Å². The first-order valence-corrected chi connectivity index (χ1v) is 12.2. The number of benzene rings is 2. The van der Waals surface area contributed by atoms with Crippen LogP contribution in [0.15, 0.2) is 93.0 Å². The molecular formula is C29H29FN2OS. The van der Waals surface area contributed by atoms with E-state index >= 15 is 0 Å². The Morgan fingerprint density at radius 1 is 0.853 bits per heavy atom. The van der Waals surface area contributed by atoms with Crippen LogP contribution >= 0.6 is 11.3 Å². The molecule has 0 unspecified atom stereocenters. The quantitative estimate of drug-likeness (QED) is 0.351. The summed E-state index contributed by atoms with van der Waals surface area (Å²) in [7, 11) is 0. The van der Waals surface area contributed by atoms with E-state index in [2.05, 4.69) is 27.7 Å². The number of halogens is 1. The second-order valence-electron chi connectivity index (χ2n) is 10.6. The highest BCUT2D eigenvalue weighted by Gasteiger charge is 2.35. The minimum absolute atomic E-state index is 0.0604. The topological polar surface area (TPSA) is 41.8 Å². The summed E-state index contributed by atoms with van der Waals surface area (Å²) in [4.78, 5) is 14.4. The lowest BCUT2D eigenvalue weighted by Crippen LogP contribution is -2.28. The summed E-state index contributed by atoms with van der Waals surface area (Å²) in [5.74, 6) is -0.368. The Labute approximate surface area is 204 Å². The maximum absolute atomic E-state index is 14.3. The van der Waals surface area contributed by atoms with E-state index in [9.17, 15) is 9.18 Å². The highest BCUT2D eigenvalue weighted by atomic mass is 32.1. The van der Waals surface area contributed by atoms with Crippen molar-refractivity contribution in [3.8, 4) is 0 Å². The third-order valence-corrected chi connectivity index (χ3v) is 6.83. The Kier molecular flexibility index (Phi) is 6.26. The van der Waals surface area contributed by atoms with Gasteiger partial charge in [0, 0.05) is 22.1 Å². The van der Waals surface area contributed by atoms with Crippen molar-refractivity contribution in [2.45, 2.75) is 41.5 Å². The zero-order chi connectivity index (χ0) is 24.7. The molecule has 3 nitrogen and oxygen atoms in total. The summed E-state index contributed by atoms with van der Waals surface area (Å²) in [5.41, 5.74) is 2.38. The third-order valence-electron chi connectivity index (χ3n) is 5.81. The number of azo groups is 1. The van der Waals surface area contributed by atoms with Crippen LogP contribution in [0.25, 0.3) is 16.5 Å². The first-order chi connectivity index (χ1) is 16.0. The number of hydrogen-bond acceptors (Lipinski definition) is 4. The third kappa shape index (κ3) is 4.71. The molecule has 0 N–H and O–H groups in total. The van der Waals surface area contributed by atoms with Crippen LogP contribution in [0, 0.1) is 16.6 Å². The van der Waals surface area contributed by atoms with E-state index in [-0.39, 0.29) is 22.3 Å². The van der Waals surface area contributed by atoms with Gasteiger partial charge in [-0.25, -0.2) is 4.39 Å². The number of hydrogen-bond donors (Lipinski definition) is 0. The van der Waals surface area contributed by atoms with Gasteiger partial charge in [0.25, 0.3) is 0 Å². The summed E-state index contributed by atoms with van der Waals surface area (Å²) in [5, 5.41) is 13.1. The molecule has 1 aliphatic carbocycles. The summed E-state index contributed by atoms with van der Waals surface area (Å²) < 4.78 is 14.3. The van der Waals surface area contributed by atoms with Crippen molar-refractivity contribution in [2.75, 3.05) is 0 Å². The van der Waals surface area contributed by atoms with E-state index in [1.165, 1.54) is 6.07 Å². The van der Waals surface area contributed by atoms with Gasteiger partial charge in [-0.15, -0.1) is 21.6 Å². The Morgan fingerprint density at radius 2 is 1.44 bits per heavy atom. The van der Waals surface area contributed by atoms with Crippen LogP contribution in [-0.2, 0) is 4.79 Å². The minimum Gasteiger partial charge on any atom is -0.289 e. The monoisotopic (exact) mass is 472 g/mol. The molecule has 0 atom stereocenters. The summed E-state index contributed by atoms with van der Waals surface area (Å²) in [6.45, 7) is 12.3. The molecule has 174 valence electrons. The van der Waals surface area contributed by atoms with Gasteiger partial charge in [0.05, 0.1) is 4.88 Å². The molecule has 0 bridgehead atoms. The van der Waals surface area contributed by atoms with Crippen molar-refractivity contribution in [3.05, 3.63) is 93.5 Å². The fraction of sp³-hybridized carbons (Fsp3) is 0.276. The van der Waals surface area contributed by atoms with Crippen LogP contribution in [0.2, 0.25) is 0 Å². The lowest BCUT2D eigenvalue weighted by atomic mass is 9.71. The van der Waals surface area contributed by atoms with Crippen LogP contribution in [0.4, 0.5) is 10.1 Å². The van der Waals surface area contributed by atoms with E-state index in [4.69, 9.17) is 0 Å². The number of rotatable bonds is 3. The molecule has 4 rings (SSSR count). The van der Waals surface area contributed by atoms with Crippen LogP contribution in [-0.4, -0.2) is 5.78 Å². The summed E-state index contributed by atoms with van der Waals surface area (Å²) in [6.07, 6.45) is 3.86. The van der Waals surface area contributed by atoms with Gasteiger partial charge in [0.15, 0.2) is 11.6 Å². The minimum atomic E-state index is -0.428. The maximum Gasteiger partial charge on any atom is 0.186 e. The first-order valence-electron chi connectivity index (χ1n) is 11.3. The molecule has 0 fully saturated rings. The lowest BCUT2D eigenvalue weighted by Gasteiger charge is -2.31. The Bertz CT molecular complexity index is 1360. The molecule has 3 aromatic rings. The van der Waals surface area contributed by atoms with E-state index in [0.717, 1.165) is 32.4 Å². The molecule has 5 heteroatoms. The van der Waals surface area contributed by atoms with E-state index in [1.807, 2.05) is 65.8 Å². The molecule has 34 heavy (non-hydrogen) atoms. The van der Waals surface area contributed by atoms with Gasteiger partial charge < -0.3 is 0 Å². The standard InChI is InChI=1S/C29H29FN2OS/c1-28(2,3)21-15-19(16-22(26(21)33)29(4,5)6)25(32-31-24-14-10-9-13-23(24)30)27-20-12-8-7-11-18(20)17-34-27/h7-17H,1-6H3. The smallest absolute Gasteiger partial charge is 0.186 e. The largest absolute Gasteiger partial charge is 0.289 e. The highest BCUT2D eigenvalue weighted by Crippen LogP contribution is 2.43. The SMILES string of the molecule is CC(C)(C)C1=CC(=C(N=Nc2ccccc2F)c2scc3ccccc23)C=C(C(C)(C)C)C1=O. The predicted octanol–water partition coefficient (Wildman–Crippen LogP) is 9.06. The molecule has 2 aromatic carbocycles. The van der Waals surface area contributed by atoms with E-state index in [1.54, 1.807) is 29.5 Å². The maximum atomic E-state index is 14.3. The molecule has 0 amide bonds. The zero-order valence-corrected chi connectivity index (χ0v) is 21.3. The van der Waals surface area contributed by atoms with Gasteiger partial charge in [0.2, 0.25) is 0 Å². The van der Waals surface area contributed by atoms with Crippen LogP contribution in [0.3, 0.4) is 0 Å². The highest BCUT2D eigenvalue weighted by molar-refractivity contribution is 7.12. The number of carbonyl (C=O) groups excluding carboxylic acids is 1. The Balaban J connectivity index is 2.03. The molecule has 1 heterocycles. The number of ketones is 1. The van der Waals surface area contributed by atoms with Crippen LogP contribution in [0.5, 0.6) is 0 Å². The molecule has 0 spiro atoms. The molecule has 1 aromatic heterocycles. The van der Waals surface area contributed by atoms with Crippen molar-refractivity contribution in [1.82, 2.24) is 0 Å². The number of allylic oxidation sites excluding steroid dienone is 5. The molecule has 0 aliphatic heterocycles. The molecule has 0 saturated carbocycles. The van der Waals surface area contributed by atoms with Gasteiger partial charge in [-0.2, -0.15) is 0 Å². The second-order valence-corrected chi connectivity index (χ2v) is 11.4. The van der Waals surface area contributed by atoms with Gasteiger partial charge in [-0.3, -0.25) is 4.79 Å². The first kappa shape index (κ1) is 24.0. The van der Waals surface area contributed by atoms with Crippen molar-refractivity contribution >= 4 is 39.3 Å². The summed E-state index contributed by atoms with van der Waals surface area (Å²) >= 11 is 1.57. The number of fused-ring (bicyclic) bond motifs is 1. The fourth-order valence-corrected chi connectivity index (χ4v) is 4.96. The molecule has 1 aliphatic rings. The number of carbonyl (C=O) groups is 1. The van der Waals surface area contributed by atoms with Crippen molar-refractivity contribution in [2.24, 2.45) is 21.1 Å². The average Bonchev–Trinajstić information content (AvgIpc) is 3.18. The van der Waals surface area contributed by atoms with Crippen LogP contribution < -0.4 is 0 Å². The van der Waals surface area contributed by atoms with E-state index < -0.39 is 5.82 Å². The Morgan fingerprint density at radius 3 is 2.06 bits per heavy atom. The summed E-state index contributed by atoms with van der Waals surface area (Å²) in [6, 6.07) is 14.4. The normalized spacial score (nSPS) is 15.1. The molecule has 0 radical (unpaired) electrons. The molecular weight excluding hydrogens is 443 g/mol.